The summed E-state index contributed by atoms with van der Waals surface area (Å²) in [5.41, 5.74) is 1.03. The normalized spacial score (nSPS) is 12.7. The Balaban J connectivity index is 0.00000163. The molecule has 0 aromatic heterocycles. The Labute approximate surface area is 169 Å². The molecule has 0 heterocycles. The second kappa shape index (κ2) is 9.71. The molecule has 0 bridgehead atoms. The number of phenolic OH excluding ortho intramolecular Hbond substituents is 1. The van der Waals surface area contributed by atoms with Crippen LogP contribution in [0, 0.1) is 0 Å². The van der Waals surface area contributed by atoms with E-state index in [0.29, 0.717) is 5.75 Å². The van der Waals surface area contributed by atoms with Crippen LogP contribution in [0.5, 0.6) is 5.75 Å². The molecule has 0 atom stereocenters. The molecule has 0 unspecified atom stereocenters. The molecule has 0 fully saturated rings. The zero-order chi connectivity index (χ0) is 19.3. The molecule has 0 saturated heterocycles. The van der Waals surface area contributed by atoms with Crippen LogP contribution in [0.3, 0.4) is 0 Å². The fraction of sp³-hybridized carbons (Fsp3) is 0.647. The molecule has 1 aromatic rings. The molecule has 0 aliphatic heterocycles. The quantitative estimate of drug-likeness (QED) is 0.586. The van der Waals surface area contributed by atoms with E-state index in [1.807, 2.05) is 0 Å². The summed E-state index contributed by atoms with van der Waals surface area (Å²) in [7, 11) is 9.12. The summed E-state index contributed by atoms with van der Waals surface area (Å²) < 4.78 is 2.53. The second-order valence-electron chi connectivity index (χ2n) is 9.00. The molecule has 0 saturated carbocycles. The van der Waals surface area contributed by atoms with Gasteiger partial charge < -0.3 is 9.67 Å². The molecule has 1 aromatic carbocycles. The predicted octanol–water partition coefficient (Wildman–Crippen LogP) is 5.29. The number of rotatable bonds is 4. The number of halogens is 2. The van der Waals surface area contributed by atoms with E-state index in [0.717, 1.165) is 10.8 Å². The van der Waals surface area contributed by atoms with Gasteiger partial charge in [-0.3, -0.25) is 0 Å². The molecule has 0 spiro atoms. The van der Waals surface area contributed by atoms with Gasteiger partial charge in [-0.25, -0.2) is 0 Å². The van der Waals surface area contributed by atoms with Crippen molar-refractivity contribution in [3.05, 3.63) is 23.8 Å². The van der Waals surface area contributed by atoms with Crippen molar-refractivity contribution in [3.8, 4) is 5.75 Å². The van der Waals surface area contributed by atoms with Crippen LogP contribution < -0.4 is 5.19 Å². The van der Waals surface area contributed by atoms with Crippen molar-refractivity contribution >= 4 is 38.5 Å². The van der Waals surface area contributed by atoms with Crippen LogP contribution in [-0.4, -0.2) is 39.2 Å². The fourth-order valence-electron chi connectivity index (χ4n) is 2.76. The summed E-state index contributed by atoms with van der Waals surface area (Å²) in [6.45, 7) is 18.4. The van der Waals surface area contributed by atoms with Gasteiger partial charge in [0.15, 0.2) is 8.24 Å². The molecular formula is C17H33Cl2NOSi2Zr. The number of phenols is 1. The van der Waals surface area contributed by atoms with Crippen LogP contribution in [0.25, 0.3) is 0 Å². The molecule has 1 N–H and O–H groups in total. The van der Waals surface area contributed by atoms with Gasteiger partial charge in [-0.2, -0.15) is 0 Å². The number of aromatic hydroxyl groups is 1. The van der Waals surface area contributed by atoms with Crippen molar-refractivity contribution < 1.29 is 26.0 Å². The third-order valence-electron chi connectivity index (χ3n) is 4.17. The van der Waals surface area contributed by atoms with E-state index in [-0.39, 0.29) is 5.41 Å². The van der Waals surface area contributed by atoms with E-state index >= 15 is 0 Å². The fourth-order valence-corrected chi connectivity index (χ4v) is 8.81. The van der Waals surface area contributed by atoms with E-state index in [2.05, 4.69) is 83.3 Å². The van der Waals surface area contributed by atoms with Crippen LogP contribution in [-0.2, 0) is 26.3 Å². The van der Waals surface area contributed by atoms with Crippen molar-refractivity contribution in [3.63, 3.8) is 0 Å². The van der Waals surface area contributed by atoms with Gasteiger partial charge >= 0.3 is 37.9 Å². The van der Waals surface area contributed by atoms with Crippen LogP contribution in [0.2, 0.25) is 32.7 Å². The molecule has 0 amide bonds. The van der Waals surface area contributed by atoms with Crippen molar-refractivity contribution in [2.75, 3.05) is 13.2 Å². The average Bonchev–Trinajstić information content (AvgIpc) is 2.36. The van der Waals surface area contributed by atoms with Gasteiger partial charge in [0.1, 0.15) is 5.75 Å². The molecule has 138 valence electrons. The van der Waals surface area contributed by atoms with Gasteiger partial charge in [0.25, 0.3) is 0 Å². The molecule has 0 aliphatic carbocycles. The Hall–Kier alpha value is 0.877. The molecule has 0 radical (unpaired) electrons. The average molecular weight is 486 g/mol. The predicted molar refractivity (Wildman–Crippen MR) is 112 cm³/mol. The summed E-state index contributed by atoms with van der Waals surface area (Å²) in [6.07, 6.45) is 1.17. The van der Waals surface area contributed by atoms with E-state index in [1.165, 1.54) is 6.17 Å². The summed E-state index contributed by atoms with van der Waals surface area (Å²) in [5.74, 6) is 0.518. The zero-order valence-corrected chi connectivity index (χ0v) is 22.6. The topological polar surface area (TPSA) is 23.5 Å². The Kier molecular flexibility index (Phi) is 10.1. The SMILES string of the molecule is CN(C[Si](C)(C)C)[Si](C)(C)c1cccc(C(C)(C)C)c1O.[Cl][Zr][Cl]. The standard InChI is InChI=1S/C17H33NOSi2.2ClH.Zr/c1-17(2,3)14-11-10-12-15(16(14)19)21(8,9)18(4)13-20(5,6)7;;;/h10-12,19H,13H2,1-9H3;2*1H;/q;;;+2/p-2. The van der Waals surface area contributed by atoms with Crippen LogP contribution in [0.1, 0.15) is 26.3 Å². The molecule has 2 nitrogen and oxygen atoms in total. The molecule has 7 heteroatoms. The van der Waals surface area contributed by atoms with Gasteiger partial charge in [0, 0.05) is 0 Å². The van der Waals surface area contributed by atoms with Crippen LogP contribution >= 0.6 is 17.0 Å². The number of hydrogen-bond acceptors (Lipinski definition) is 2. The van der Waals surface area contributed by atoms with Gasteiger partial charge in [0.05, 0.1) is 8.07 Å². The van der Waals surface area contributed by atoms with E-state index in [1.54, 1.807) is 0 Å². The Morgan fingerprint density at radius 2 is 1.54 bits per heavy atom. The van der Waals surface area contributed by atoms with Crippen molar-refractivity contribution in [1.29, 1.82) is 0 Å². The van der Waals surface area contributed by atoms with Gasteiger partial charge in [0.2, 0.25) is 0 Å². The van der Waals surface area contributed by atoms with Crippen molar-refractivity contribution in [2.24, 2.45) is 0 Å². The first kappa shape index (κ1) is 24.9. The Morgan fingerprint density at radius 1 is 1.08 bits per heavy atom. The van der Waals surface area contributed by atoms with Crippen LogP contribution in [0.15, 0.2) is 18.2 Å². The number of para-hydroxylation sites is 1. The number of hydrogen-bond donors (Lipinski definition) is 1. The van der Waals surface area contributed by atoms with Gasteiger partial charge in [-0.05, 0) is 29.4 Å². The number of nitrogens with zero attached hydrogens (tertiary/aromatic N) is 1. The first-order valence-electron chi connectivity index (χ1n) is 8.19. The first-order valence-corrected chi connectivity index (χ1v) is 21.2. The van der Waals surface area contributed by atoms with E-state index in [4.69, 9.17) is 17.0 Å². The molecule has 0 aliphatic rings. The van der Waals surface area contributed by atoms with E-state index < -0.39 is 37.2 Å². The summed E-state index contributed by atoms with van der Waals surface area (Å²) >= 11 is -0.826. The summed E-state index contributed by atoms with van der Waals surface area (Å²) in [6, 6.07) is 6.28. The third-order valence-corrected chi connectivity index (χ3v) is 9.70. The molecular weight excluding hydrogens is 452 g/mol. The molecule has 1 rings (SSSR count). The van der Waals surface area contributed by atoms with E-state index in [9.17, 15) is 5.11 Å². The third kappa shape index (κ3) is 7.63. The van der Waals surface area contributed by atoms with Gasteiger partial charge in [-0.1, -0.05) is 71.7 Å². The monoisotopic (exact) mass is 483 g/mol. The number of benzene rings is 1. The maximum absolute atomic E-state index is 10.8. The summed E-state index contributed by atoms with van der Waals surface area (Å²) in [4.78, 5) is 0. The first-order chi connectivity index (χ1) is 10.7. The molecule has 24 heavy (non-hydrogen) atoms. The minimum absolute atomic E-state index is 0.0259. The van der Waals surface area contributed by atoms with Crippen molar-refractivity contribution in [2.45, 2.75) is 58.9 Å². The Morgan fingerprint density at radius 3 is 1.92 bits per heavy atom. The zero-order valence-electron chi connectivity index (χ0n) is 16.6. The van der Waals surface area contributed by atoms with Crippen molar-refractivity contribution in [1.82, 2.24) is 4.57 Å². The Bertz CT molecular complexity index is 528. The second-order valence-corrected chi connectivity index (χ2v) is 22.6. The maximum atomic E-state index is 10.8. The van der Waals surface area contributed by atoms with Crippen LogP contribution in [0.4, 0.5) is 0 Å². The van der Waals surface area contributed by atoms with Gasteiger partial charge in [-0.15, -0.1) is 0 Å². The summed E-state index contributed by atoms with van der Waals surface area (Å²) in [5, 5.41) is 12.0. The minimum atomic E-state index is -1.83.